The summed E-state index contributed by atoms with van der Waals surface area (Å²) < 4.78 is 5.50. The molecule has 2 rings (SSSR count). The van der Waals surface area contributed by atoms with Crippen LogP contribution in [0.2, 0.25) is 0 Å². The van der Waals surface area contributed by atoms with E-state index < -0.39 is 6.10 Å². The van der Waals surface area contributed by atoms with Crippen molar-refractivity contribution in [3.8, 4) is 0 Å². The van der Waals surface area contributed by atoms with Crippen LogP contribution in [0.3, 0.4) is 0 Å². The van der Waals surface area contributed by atoms with Crippen LogP contribution in [0.4, 0.5) is 0 Å². The molecule has 1 heterocycles. The van der Waals surface area contributed by atoms with Gasteiger partial charge in [0.05, 0.1) is 12.2 Å². The molecule has 1 aliphatic heterocycles. The number of hydrogen-bond acceptors (Lipinski definition) is 3. The molecule has 0 bridgehead atoms. The molecule has 3 heteroatoms. The molecule has 0 saturated carbocycles. The van der Waals surface area contributed by atoms with E-state index in [-0.39, 0.29) is 6.10 Å². The molecule has 1 aliphatic rings. The van der Waals surface area contributed by atoms with Crippen LogP contribution in [0.5, 0.6) is 0 Å². The third kappa shape index (κ3) is 3.78. The average molecular weight is 263 g/mol. The number of benzene rings is 1. The lowest BCUT2D eigenvalue weighted by molar-refractivity contribution is 0.107. The van der Waals surface area contributed by atoms with Gasteiger partial charge in [-0.25, -0.2) is 0 Å². The van der Waals surface area contributed by atoms with Gasteiger partial charge in [-0.1, -0.05) is 38.1 Å². The first-order valence-corrected chi connectivity index (χ1v) is 7.21. The first-order chi connectivity index (χ1) is 9.08. The highest BCUT2D eigenvalue weighted by atomic mass is 16.5. The lowest BCUT2D eigenvalue weighted by atomic mass is 10.00. The number of rotatable bonds is 5. The molecule has 1 saturated heterocycles. The van der Waals surface area contributed by atoms with Crippen molar-refractivity contribution in [1.82, 2.24) is 5.32 Å². The maximum Gasteiger partial charge on any atom is 0.0914 e. The van der Waals surface area contributed by atoms with E-state index in [9.17, 15) is 5.11 Å². The Kier molecular flexibility index (Phi) is 4.97. The normalized spacial score (nSPS) is 24.9. The zero-order valence-electron chi connectivity index (χ0n) is 12.1. The van der Waals surface area contributed by atoms with E-state index in [2.05, 4.69) is 38.2 Å². The highest BCUT2D eigenvalue weighted by Gasteiger charge is 2.24. The van der Waals surface area contributed by atoms with Crippen LogP contribution in [0.1, 0.15) is 50.3 Å². The minimum atomic E-state index is -0.450. The second-order valence-electron chi connectivity index (χ2n) is 5.72. The van der Waals surface area contributed by atoms with Crippen LogP contribution in [0.15, 0.2) is 24.3 Å². The molecular formula is C16H25NO2. The Balaban J connectivity index is 1.87. The fourth-order valence-corrected chi connectivity index (χ4v) is 2.48. The highest BCUT2D eigenvalue weighted by molar-refractivity contribution is 5.26. The van der Waals surface area contributed by atoms with E-state index in [1.54, 1.807) is 0 Å². The molecule has 3 unspecified atom stereocenters. The predicted molar refractivity (Wildman–Crippen MR) is 77.3 cm³/mol. The largest absolute Gasteiger partial charge is 0.387 e. The molecule has 0 amide bonds. The Hall–Kier alpha value is -0.900. The summed E-state index contributed by atoms with van der Waals surface area (Å²) in [5, 5.41) is 13.6. The van der Waals surface area contributed by atoms with Gasteiger partial charge in [0.2, 0.25) is 0 Å². The summed E-state index contributed by atoms with van der Waals surface area (Å²) >= 11 is 0. The van der Waals surface area contributed by atoms with Gasteiger partial charge >= 0.3 is 0 Å². The lowest BCUT2D eigenvalue weighted by Crippen LogP contribution is -2.37. The molecule has 1 fully saturated rings. The van der Waals surface area contributed by atoms with Crippen molar-refractivity contribution in [3.63, 3.8) is 0 Å². The zero-order valence-corrected chi connectivity index (χ0v) is 12.1. The Bertz CT molecular complexity index is 388. The van der Waals surface area contributed by atoms with Gasteiger partial charge in [0, 0.05) is 19.2 Å². The SMILES string of the molecule is CC(C)c1ccc(C(O)CNC2CCOC2C)cc1. The van der Waals surface area contributed by atoms with Gasteiger partial charge < -0.3 is 15.2 Å². The van der Waals surface area contributed by atoms with Gasteiger partial charge in [-0.15, -0.1) is 0 Å². The molecule has 0 radical (unpaired) electrons. The second kappa shape index (κ2) is 6.51. The fraction of sp³-hybridized carbons (Fsp3) is 0.625. The third-order valence-electron chi connectivity index (χ3n) is 3.94. The fourth-order valence-electron chi connectivity index (χ4n) is 2.48. The van der Waals surface area contributed by atoms with E-state index in [0.29, 0.717) is 18.5 Å². The highest BCUT2D eigenvalue weighted by Crippen LogP contribution is 2.19. The molecule has 1 aromatic carbocycles. The van der Waals surface area contributed by atoms with Crippen molar-refractivity contribution < 1.29 is 9.84 Å². The Morgan fingerprint density at radius 3 is 2.42 bits per heavy atom. The van der Waals surface area contributed by atoms with Crippen molar-refractivity contribution in [1.29, 1.82) is 0 Å². The molecule has 1 aromatic rings. The first-order valence-electron chi connectivity index (χ1n) is 7.21. The minimum absolute atomic E-state index is 0.246. The van der Waals surface area contributed by atoms with Crippen LogP contribution in [-0.4, -0.2) is 30.4 Å². The molecule has 106 valence electrons. The number of ether oxygens (including phenoxy) is 1. The summed E-state index contributed by atoms with van der Waals surface area (Å²) in [7, 11) is 0. The van der Waals surface area contributed by atoms with Crippen molar-refractivity contribution in [3.05, 3.63) is 35.4 Å². The Morgan fingerprint density at radius 2 is 1.89 bits per heavy atom. The molecule has 0 aromatic heterocycles. The van der Waals surface area contributed by atoms with Gasteiger partial charge in [0.1, 0.15) is 0 Å². The molecule has 0 spiro atoms. The maximum absolute atomic E-state index is 10.2. The Labute approximate surface area is 116 Å². The third-order valence-corrected chi connectivity index (χ3v) is 3.94. The molecule has 3 atom stereocenters. The standard InChI is InChI=1S/C16H25NO2/c1-11(2)13-4-6-14(7-5-13)16(18)10-17-15-8-9-19-12(15)3/h4-7,11-12,15-18H,8-10H2,1-3H3. The van der Waals surface area contributed by atoms with Crippen LogP contribution in [-0.2, 0) is 4.74 Å². The quantitative estimate of drug-likeness (QED) is 0.858. The van der Waals surface area contributed by atoms with Gasteiger partial charge in [0.25, 0.3) is 0 Å². The topological polar surface area (TPSA) is 41.5 Å². The summed E-state index contributed by atoms with van der Waals surface area (Å²) in [4.78, 5) is 0. The van der Waals surface area contributed by atoms with Gasteiger partial charge in [-0.3, -0.25) is 0 Å². The monoisotopic (exact) mass is 263 g/mol. The summed E-state index contributed by atoms with van der Waals surface area (Å²) in [6, 6.07) is 8.62. The zero-order chi connectivity index (χ0) is 13.8. The number of aliphatic hydroxyl groups is 1. The van der Waals surface area contributed by atoms with Crippen molar-refractivity contribution >= 4 is 0 Å². The molecule has 0 aliphatic carbocycles. The Morgan fingerprint density at radius 1 is 1.26 bits per heavy atom. The van der Waals surface area contributed by atoms with Crippen molar-refractivity contribution in [2.24, 2.45) is 0 Å². The molecule has 19 heavy (non-hydrogen) atoms. The summed E-state index contributed by atoms with van der Waals surface area (Å²) in [6.07, 6.45) is 0.824. The van der Waals surface area contributed by atoms with E-state index in [1.165, 1.54) is 5.56 Å². The smallest absolute Gasteiger partial charge is 0.0914 e. The van der Waals surface area contributed by atoms with E-state index >= 15 is 0 Å². The van der Waals surface area contributed by atoms with E-state index in [1.807, 2.05) is 12.1 Å². The van der Waals surface area contributed by atoms with Crippen LogP contribution in [0.25, 0.3) is 0 Å². The predicted octanol–water partition coefficient (Wildman–Crippen LogP) is 2.61. The van der Waals surface area contributed by atoms with Gasteiger partial charge in [-0.2, -0.15) is 0 Å². The molecule has 2 N–H and O–H groups in total. The maximum atomic E-state index is 10.2. The van der Waals surface area contributed by atoms with Crippen LogP contribution in [0, 0.1) is 0 Å². The molecular weight excluding hydrogens is 238 g/mol. The van der Waals surface area contributed by atoms with E-state index in [4.69, 9.17) is 4.74 Å². The van der Waals surface area contributed by atoms with Crippen molar-refractivity contribution in [2.45, 2.75) is 51.4 Å². The number of nitrogens with one attached hydrogen (secondary N) is 1. The lowest BCUT2D eigenvalue weighted by Gasteiger charge is -2.19. The van der Waals surface area contributed by atoms with Crippen LogP contribution < -0.4 is 5.32 Å². The van der Waals surface area contributed by atoms with Crippen molar-refractivity contribution in [2.75, 3.05) is 13.2 Å². The van der Waals surface area contributed by atoms with Gasteiger partial charge in [-0.05, 0) is 30.4 Å². The van der Waals surface area contributed by atoms with Crippen LogP contribution >= 0.6 is 0 Å². The minimum Gasteiger partial charge on any atom is -0.387 e. The summed E-state index contributed by atoms with van der Waals surface area (Å²) in [5.74, 6) is 0.529. The number of hydrogen-bond donors (Lipinski definition) is 2. The number of aliphatic hydroxyl groups excluding tert-OH is 1. The van der Waals surface area contributed by atoms with Gasteiger partial charge in [0.15, 0.2) is 0 Å². The van der Waals surface area contributed by atoms with E-state index in [0.717, 1.165) is 18.6 Å². The first kappa shape index (κ1) is 14.5. The average Bonchev–Trinajstić information content (AvgIpc) is 2.81. The second-order valence-corrected chi connectivity index (χ2v) is 5.72. The summed E-state index contributed by atoms with van der Waals surface area (Å²) in [6.45, 7) is 7.83. The molecule has 3 nitrogen and oxygen atoms in total. The summed E-state index contributed by atoms with van der Waals surface area (Å²) in [5.41, 5.74) is 2.28.